The number of amides is 2. The summed E-state index contributed by atoms with van der Waals surface area (Å²) in [4.78, 5) is 25.6. The standard InChI is InChI=1S/C16H23N3O2.ClH/c1-3-14(20)19-9-8-13(10-19)18-16(21)15(17)12-6-4-11(2)5-7-12;/h4-7,13,15H,3,8-10,17H2,1-2H3,(H,18,21);1H. The third-order valence-corrected chi connectivity index (χ3v) is 3.91. The van der Waals surface area contributed by atoms with Crippen molar-refractivity contribution in [3.63, 3.8) is 0 Å². The zero-order chi connectivity index (χ0) is 15.4. The second-order valence-corrected chi connectivity index (χ2v) is 5.58. The summed E-state index contributed by atoms with van der Waals surface area (Å²) in [6.07, 6.45) is 1.29. The number of halogens is 1. The van der Waals surface area contributed by atoms with Crippen LogP contribution in [-0.4, -0.2) is 35.8 Å². The van der Waals surface area contributed by atoms with Gasteiger partial charge in [0.25, 0.3) is 0 Å². The first-order valence-electron chi connectivity index (χ1n) is 7.41. The molecule has 0 saturated carbocycles. The predicted octanol–water partition coefficient (Wildman–Crippen LogP) is 1.54. The number of aryl methyl sites for hydroxylation is 1. The molecule has 2 rings (SSSR count). The quantitative estimate of drug-likeness (QED) is 0.881. The van der Waals surface area contributed by atoms with E-state index in [4.69, 9.17) is 5.73 Å². The van der Waals surface area contributed by atoms with Gasteiger partial charge in [-0.25, -0.2) is 0 Å². The molecule has 0 bridgehead atoms. The van der Waals surface area contributed by atoms with Gasteiger partial charge in [-0.3, -0.25) is 9.59 Å². The van der Waals surface area contributed by atoms with Gasteiger partial charge in [0.15, 0.2) is 0 Å². The summed E-state index contributed by atoms with van der Waals surface area (Å²) in [6.45, 7) is 5.13. The molecule has 0 aromatic heterocycles. The Hall–Kier alpha value is -1.59. The average Bonchev–Trinajstić information content (AvgIpc) is 2.95. The summed E-state index contributed by atoms with van der Waals surface area (Å²) in [5, 5.41) is 2.94. The molecule has 1 aromatic carbocycles. The molecule has 2 atom stereocenters. The molecule has 3 N–H and O–H groups in total. The number of hydrogen-bond donors (Lipinski definition) is 2. The third-order valence-electron chi connectivity index (χ3n) is 3.91. The Morgan fingerprint density at radius 3 is 2.59 bits per heavy atom. The van der Waals surface area contributed by atoms with Crippen molar-refractivity contribution < 1.29 is 9.59 Å². The van der Waals surface area contributed by atoms with Crippen molar-refractivity contribution in [1.29, 1.82) is 0 Å². The molecule has 1 heterocycles. The Morgan fingerprint density at radius 2 is 2.00 bits per heavy atom. The van der Waals surface area contributed by atoms with Gasteiger partial charge in [-0.15, -0.1) is 12.4 Å². The summed E-state index contributed by atoms with van der Waals surface area (Å²) in [6, 6.07) is 6.98. The van der Waals surface area contributed by atoms with Crippen molar-refractivity contribution in [2.75, 3.05) is 13.1 Å². The van der Waals surface area contributed by atoms with E-state index in [2.05, 4.69) is 5.32 Å². The number of likely N-dealkylation sites (tertiary alicyclic amines) is 1. The SMILES string of the molecule is CCC(=O)N1CCC(NC(=O)C(N)c2ccc(C)cc2)C1.Cl. The lowest BCUT2D eigenvalue weighted by atomic mass is 10.0. The smallest absolute Gasteiger partial charge is 0.241 e. The summed E-state index contributed by atoms with van der Waals surface area (Å²) in [5.74, 6) is -0.0516. The summed E-state index contributed by atoms with van der Waals surface area (Å²) < 4.78 is 0. The number of benzene rings is 1. The second kappa shape index (κ2) is 8.15. The predicted molar refractivity (Wildman–Crippen MR) is 88.8 cm³/mol. The minimum Gasteiger partial charge on any atom is -0.350 e. The summed E-state index contributed by atoms with van der Waals surface area (Å²) in [7, 11) is 0. The molecule has 0 spiro atoms. The lowest BCUT2D eigenvalue weighted by Crippen LogP contribution is -2.42. The zero-order valence-corrected chi connectivity index (χ0v) is 13.9. The third kappa shape index (κ3) is 4.45. The van der Waals surface area contributed by atoms with E-state index in [-0.39, 0.29) is 30.3 Å². The first kappa shape index (κ1) is 18.5. The number of nitrogens with two attached hydrogens (primary N) is 1. The molecule has 1 aliphatic heterocycles. The highest BCUT2D eigenvalue weighted by molar-refractivity contribution is 5.85. The Balaban J connectivity index is 0.00000242. The maximum absolute atomic E-state index is 12.2. The minimum absolute atomic E-state index is 0. The van der Waals surface area contributed by atoms with Crippen LogP contribution >= 0.6 is 12.4 Å². The molecular weight excluding hydrogens is 302 g/mol. The van der Waals surface area contributed by atoms with Crippen LogP contribution in [0.2, 0.25) is 0 Å². The van der Waals surface area contributed by atoms with Gasteiger partial charge in [0.05, 0.1) is 0 Å². The lowest BCUT2D eigenvalue weighted by Gasteiger charge is -2.18. The van der Waals surface area contributed by atoms with E-state index in [1.54, 1.807) is 4.90 Å². The van der Waals surface area contributed by atoms with Crippen LogP contribution in [0.3, 0.4) is 0 Å². The molecule has 1 aliphatic rings. The van der Waals surface area contributed by atoms with Gasteiger partial charge >= 0.3 is 0 Å². The molecule has 6 heteroatoms. The molecule has 1 saturated heterocycles. The number of nitrogens with one attached hydrogen (secondary N) is 1. The van der Waals surface area contributed by atoms with Gasteiger partial charge in [0.2, 0.25) is 11.8 Å². The van der Waals surface area contributed by atoms with E-state index in [0.29, 0.717) is 19.5 Å². The molecular formula is C16H24ClN3O2. The highest BCUT2D eigenvalue weighted by Crippen LogP contribution is 2.14. The van der Waals surface area contributed by atoms with E-state index in [1.165, 1.54) is 0 Å². The molecule has 5 nitrogen and oxygen atoms in total. The Labute approximate surface area is 137 Å². The maximum Gasteiger partial charge on any atom is 0.241 e. The van der Waals surface area contributed by atoms with Crippen molar-refractivity contribution >= 4 is 24.2 Å². The molecule has 22 heavy (non-hydrogen) atoms. The Kier molecular flexibility index (Phi) is 6.84. The van der Waals surface area contributed by atoms with Crippen LogP contribution in [0.4, 0.5) is 0 Å². The van der Waals surface area contributed by atoms with Crippen LogP contribution < -0.4 is 11.1 Å². The monoisotopic (exact) mass is 325 g/mol. The van der Waals surface area contributed by atoms with Crippen LogP contribution in [0, 0.1) is 6.92 Å². The highest BCUT2D eigenvalue weighted by atomic mass is 35.5. The van der Waals surface area contributed by atoms with Gasteiger partial charge in [-0.1, -0.05) is 36.8 Å². The fourth-order valence-electron chi connectivity index (χ4n) is 2.54. The normalized spacial score (nSPS) is 18.5. The summed E-state index contributed by atoms with van der Waals surface area (Å²) >= 11 is 0. The minimum atomic E-state index is -0.665. The largest absolute Gasteiger partial charge is 0.350 e. The summed E-state index contributed by atoms with van der Waals surface area (Å²) in [5.41, 5.74) is 7.93. The van der Waals surface area contributed by atoms with Crippen molar-refractivity contribution in [1.82, 2.24) is 10.2 Å². The van der Waals surface area contributed by atoms with Crippen molar-refractivity contribution in [3.8, 4) is 0 Å². The van der Waals surface area contributed by atoms with E-state index in [9.17, 15) is 9.59 Å². The molecule has 2 amide bonds. The fraction of sp³-hybridized carbons (Fsp3) is 0.500. The van der Waals surface area contributed by atoms with Crippen molar-refractivity contribution in [2.24, 2.45) is 5.73 Å². The van der Waals surface area contributed by atoms with E-state index >= 15 is 0 Å². The van der Waals surface area contributed by atoms with Crippen LogP contribution in [0.5, 0.6) is 0 Å². The number of rotatable bonds is 4. The fourth-order valence-corrected chi connectivity index (χ4v) is 2.54. The number of carbonyl (C=O) groups is 2. The van der Waals surface area contributed by atoms with Crippen LogP contribution in [0.15, 0.2) is 24.3 Å². The van der Waals surface area contributed by atoms with Crippen LogP contribution in [0.25, 0.3) is 0 Å². The van der Waals surface area contributed by atoms with Crippen molar-refractivity contribution in [3.05, 3.63) is 35.4 Å². The number of hydrogen-bond acceptors (Lipinski definition) is 3. The first-order valence-corrected chi connectivity index (χ1v) is 7.41. The van der Waals surface area contributed by atoms with Gasteiger partial charge in [0, 0.05) is 25.6 Å². The van der Waals surface area contributed by atoms with E-state index in [0.717, 1.165) is 17.5 Å². The molecule has 1 aromatic rings. The lowest BCUT2D eigenvalue weighted by molar-refractivity contribution is -0.130. The molecule has 0 aliphatic carbocycles. The Bertz CT molecular complexity index is 519. The van der Waals surface area contributed by atoms with Crippen LogP contribution in [-0.2, 0) is 9.59 Å². The van der Waals surface area contributed by atoms with Crippen LogP contribution in [0.1, 0.15) is 36.9 Å². The van der Waals surface area contributed by atoms with Gasteiger partial charge in [-0.2, -0.15) is 0 Å². The van der Waals surface area contributed by atoms with Gasteiger partial charge in [-0.05, 0) is 18.9 Å². The molecule has 2 unspecified atom stereocenters. The molecule has 122 valence electrons. The average molecular weight is 326 g/mol. The van der Waals surface area contributed by atoms with Gasteiger partial charge in [0.1, 0.15) is 6.04 Å². The van der Waals surface area contributed by atoms with E-state index < -0.39 is 6.04 Å². The van der Waals surface area contributed by atoms with Gasteiger partial charge < -0.3 is 16.0 Å². The zero-order valence-electron chi connectivity index (χ0n) is 13.0. The maximum atomic E-state index is 12.2. The molecule has 1 fully saturated rings. The number of carbonyl (C=O) groups excluding carboxylic acids is 2. The van der Waals surface area contributed by atoms with E-state index in [1.807, 2.05) is 38.1 Å². The Morgan fingerprint density at radius 1 is 1.36 bits per heavy atom. The second-order valence-electron chi connectivity index (χ2n) is 5.58. The van der Waals surface area contributed by atoms with Crippen molar-refractivity contribution in [2.45, 2.75) is 38.8 Å². The first-order chi connectivity index (χ1) is 10.0. The highest BCUT2D eigenvalue weighted by Gasteiger charge is 2.28. The number of nitrogens with zero attached hydrogens (tertiary/aromatic N) is 1. The topological polar surface area (TPSA) is 75.4 Å². The molecule has 0 radical (unpaired) electrons.